The van der Waals surface area contributed by atoms with Gasteiger partial charge in [-0.15, -0.1) is 0 Å². The molecule has 0 bridgehead atoms. The molecule has 0 unspecified atom stereocenters. The molecule has 2 N–H and O–H groups in total. The van der Waals surface area contributed by atoms with Gasteiger partial charge in [-0.1, -0.05) is 29.8 Å². The molecule has 0 heterocycles. The summed E-state index contributed by atoms with van der Waals surface area (Å²) in [5, 5.41) is 14.2. The van der Waals surface area contributed by atoms with Gasteiger partial charge in [0.05, 0.1) is 27.5 Å². The molecule has 44 heavy (non-hydrogen) atoms. The van der Waals surface area contributed by atoms with E-state index in [1.165, 1.54) is 68.6 Å². The highest BCUT2D eigenvalue weighted by Crippen LogP contribution is 2.36. The van der Waals surface area contributed by atoms with Crippen molar-refractivity contribution in [2.45, 2.75) is 23.6 Å². The lowest BCUT2D eigenvalue weighted by Crippen LogP contribution is -2.38. The number of aryl methyl sites for hydroxylation is 2. The maximum atomic E-state index is 13.9. The van der Waals surface area contributed by atoms with Gasteiger partial charge in [-0.05, 0) is 80.1 Å². The summed E-state index contributed by atoms with van der Waals surface area (Å²) in [7, 11) is -7.21. The smallest absolute Gasteiger partial charge is 0.273 e. The molecule has 0 spiro atoms. The molecule has 0 saturated carbocycles. The summed E-state index contributed by atoms with van der Waals surface area (Å²) in [6.07, 6.45) is 0. The lowest BCUT2D eigenvalue weighted by molar-refractivity contribution is -0.385. The Morgan fingerprint density at radius 1 is 0.909 bits per heavy atom. The van der Waals surface area contributed by atoms with Gasteiger partial charge in [-0.2, -0.15) is 0 Å². The van der Waals surface area contributed by atoms with E-state index in [1.54, 1.807) is 18.2 Å². The number of nitrogens with one attached hydrogen (secondary N) is 2. The zero-order valence-electron chi connectivity index (χ0n) is 23.6. The second kappa shape index (κ2) is 12.9. The Bertz CT molecular complexity index is 1950. The summed E-state index contributed by atoms with van der Waals surface area (Å²) >= 11 is 6.16. The zero-order chi connectivity index (χ0) is 32.2. The molecule has 0 aliphatic rings. The van der Waals surface area contributed by atoms with Gasteiger partial charge in [0.1, 0.15) is 12.3 Å². The van der Waals surface area contributed by atoms with Crippen LogP contribution >= 0.6 is 11.6 Å². The highest BCUT2D eigenvalue weighted by Gasteiger charge is 2.31. The van der Waals surface area contributed by atoms with Crippen LogP contribution in [0.25, 0.3) is 0 Å². The zero-order valence-corrected chi connectivity index (χ0v) is 26.0. The van der Waals surface area contributed by atoms with Crippen LogP contribution in [-0.4, -0.2) is 41.3 Å². The number of sulfonamides is 2. The van der Waals surface area contributed by atoms with Crippen LogP contribution in [0.2, 0.25) is 5.02 Å². The van der Waals surface area contributed by atoms with Crippen LogP contribution in [0.1, 0.15) is 11.1 Å². The number of benzene rings is 4. The van der Waals surface area contributed by atoms with Crippen molar-refractivity contribution >= 4 is 60.3 Å². The fourth-order valence-corrected chi connectivity index (χ4v) is 6.86. The van der Waals surface area contributed by atoms with Gasteiger partial charge in [0, 0.05) is 28.0 Å². The molecule has 1 amide bonds. The van der Waals surface area contributed by atoms with E-state index in [-0.39, 0.29) is 32.6 Å². The van der Waals surface area contributed by atoms with E-state index in [2.05, 4.69) is 10.0 Å². The van der Waals surface area contributed by atoms with Gasteiger partial charge in [0.15, 0.2) is 0 Å². The first-order chi connectivity index (χ1) is 20.7. The van der Waals surface area contributed by atoms with E-state index in [0.29, 0.717) is 5.69 Å². The molecule has 0 atom stereocenters. The maximum Gasteiger partial charge on any atom is 0.273 e. The minimum absolute atomic E-state index is 0.0640. The summed E-state index contributed by atoms with van der Waals surface area (Å²) < 4.78 is 61.9. The van der Waals surface area contributed by atoms with Crippen molar-refractivity contribution in [2.75, 3.05) is 28.0 Å². The summed E-state index contributed by atoms with van der Waals surface area (Å²) in [4.78, 5) is 23.5. The Morgan fingerprint density at radius 2 is 1.59 bits per heavy atom. The number of nitrogens with zero attached hydrogens (tertiary/aromatic N) is 2. The molecule has 15 heteroatoms. The normalized spacial score (nSPS) is 11.5. The van der Waals surface area contributed by atoms with Crippen molar-refractivity contribution in [3.05, 3.63) is 111 Å². The third-order valence-corrected chi connectivity index (χ3v) is 9.77. The first kappa shape index (κ1) is 32.3. The fraction of sp³-hybridized carbons (Fsp3) is 0.138. The van der Waals surface area contributed by atoms with Crippen molar-refractivity contribution in [3.8, 4) is 5.75 Å². The third kappa shape index (κ3) is 7.27. The van der Waals surface area contributed by atoms with Crippen LogP contribution in [0, 0.1) is 24.0 Å². The largest absolute Gasteiger partial charge is 0.495 e. The minimum Gasteiger partial charge on any atom is -0.495 e. The molecule has 4 rings (SSSR count). The molecule has 0 saturated heterocycles. The summed E-state index contributed by atoms with van der Waals surface area (Å²) in [5.41, 5.74) is 1.20. The number of anilines is 3. The number of hydrogen-bond donors (Lipinski definition) is 2. The van der Waals surface area contributed by atoms with Crippen molar-refractivity contribution in [3.63, 3.8) is 0 Å². The first-order valence-corrected chi connectivity index (χ1v) is 16.1. The predicted octanol–water partition coefficient (Wildman–Crippen LogP) is 5.51. The van der Waals surface area contributed by atoms with E-state index >= 15 is 0 Å². The monoisotopic (exact) mass is 658 g/mol. The SMILES string of the molecule is COc1ccc(Cl)cc1N(CC(=O)Nc1ccc(S(=O)(=O)Nc2cccc(C)c2)cc1)S(=O)(=O)c1ccc(C)c([N+](=O)[O-])c1. The van der Waals surface area contributed by atoms with E-state index in [1.807, 2.05) is 13.0 Å². The van der Waals surface area contributed by atoms with Crippen LogP contribution in [0.5, 0.6) is 5.75 Å². The second-order valence-electron chi connectivity index (χ2n) is 9.58. The summed E-state index contributed by atoms with van der Waals surface area (Å²) in [6.45, 7) is 2.51. The van der Waals surface area contributed by atoms with Crippen LogP contribution in [0.15, 0.2) is 94.7 Å². The first-order valence-electron chi connectivity index (χ1n) is 12.8. The van der Waals surface area contributed by atoms with Crippen LogP contribution in [-0.2, 0) is 24.8 Å². The number of amides is 1. The van der Waals surface area contributed by atoms with Gasteiger partial charge in [0.2, 0.25) is 5.91 Å². The molecule has 230 valence electrons. The average molecular weight is 659 g/mol. The molecule has 0 aromatic heterocycles. The fourth-order valence-electron chi connectivity index (χ4n) is 4.20. The quantitative estimate of drug-likeness (QED) is 0.157. The number of hydrogen-bond acceptors (Lipinski definition) is 8. The van der Waals surface area contributed by atoms with Gasteiger partial charge < -0.3 is 10.1 Å². The van der Waals surface area contributed by atoms with Crippen molar-refractivity contribution in [1.29, 1.82) is 0 Å². The van der Waals surface area contributed by atoms with Crippen LogP contribution < -0.4 is 19.1 Å². The molecule has 0 aliphatic heterocycles. The van der Waals surface area contributed by atoms with Gasteiger partial charge in [-0.25, -0.2) is 16.8 Å². The van der Waals surface area contributed by atoms with Crippen LogP contribution in [0.3, 0.4) is 0 Å². The number of ether oxygens (including phenoxy) is 1. The highest BCUT2D eigenvalue weighted by molar-refractivity contribution is 7.93. The van der Waals surface area contributed by atoms with Crippen molar-refractivity contribution in [2.24, 2.45) is 0 Å². The Morgan fingerprint density at radius 3 is 2.23 bits per heavy atom. The van der Waals surface area contributed by atoms with Crippen molar-refractivity contribution < 1.29 is 31.3 Å². The Kier molecular flexibility index (Phi) is 9.47. The number of nitro groups is 1. The number of carbonyl (C=O) groups excluding carboxylic acids is 1. The molecule has 4 aromatic carbocycles. The second-order valence-corrected chi connectivity index (χ2v) is 13.6. The number of nitro benzene ring substituents is 1. The standard InChI is InChI=1S/C29H27ClN4O8S2/c1-19-5-4-6-23(15-19)32-43(38,39)24-12-9-22(10-13-24)31-29(35)18-33(27-16-21(30)8-14-28(27)42-3)44(40,41)25-11-7-20(2)26(17-25)34(36)37/h4-17,32H,18H2,1-3H3,(H,31,35). The number of carbonyl (C=O) groups is 1. The van der Waals surface area contributed by atoms with Crippen LogP contribution in [0.4, 0.5) is 22.7 Å². The Hall–Kier alpha value is -4.66. The van der Waals surface area contributed by atoms with Gasteiger partial charge in [-0.3, -0.25) is 23.9 Å². The molecule has 4 aromatic rings. The number of halogens is 1. The molecule has 0 aliphatic carbocycles. The van der Waals surface area contributed by atoms with E-state index in [4.69, 9.17) is 16.3 Å². The van der Waals surface area contributed by atoms with Gasteiger partial charge >= 0.3 is 0 Å². The van der Waals surface area contributed by atoms with E-state index < -0.39 is 48.0 Å². The molecular formula is C29H27ClN4O8S2. The lowest BCUT2D eigenvalue weighted by Gasteiger charge is -2.26. The average Bonchev–Trinajstić information content (AvgIpc) is 2.96. The Labute approximate surface area is 259 Å². The predicted molar refractivity (Wildman–Crippen MR) is 167 cm³/mol. The summed E-state index contributed by atoms with van der Waals surface area (Å²) in [5.74, 6) is -0.728. The highest BCUT2D eigenvalue weighted by atomic mass is 35.5. The molecule has 0 fully saturated rings. The topological polar surface area (TPSA) is 165 Å². The molecular weight excluding hydrogens is 632 g/mol. The minimum atomic E-state index is -4.58. The van der Waals surface area contributed by atoms with Crippen molar-refractivity contribution in [1.82, 2.24) is 0 Å². The lowest BCUT2D eigenvalue weighted by atomic mass is 10.2. The van der Waals surface area contributed by atoms with Gasteiger partial charge in [0.25, 0.3) is 25.7 Å². The van der Waals surface area contributed by atoms with E-state index in [0.717, 1.165) is 15.9 Å². The molecule has 0 radical (unpaired) electrons. The number of rotatable bonds is 11. The van der Waals surface area contributed by atoms with E-state index in [9.17, 15) is 31.7 Å². The maximum absolute atomic E-state index is 13.9. The molecule has 12 nitrogen and oxygen atoms in total. The summed E-state index contributed by atoms with van der Waals surface area (Å²) in [6, 6.07) is 19.7. The Balaban J connectivity index is 1.63. The number of methoxy groups -OCH3 is 1. The third-order valence-electron chi connectivity index (χ3n) is 6.38.